The molecule has 1 aromatic rings. The predicted molar refractivity (Wildman–Crippen MR) is 69.0 cm³/mol. The molecule has 1 aliphatic heterocycles. The molecule has 0 aliphatic carbocycles. The van der Waals surface area contributed by atoms with E-state index < -0.39 is 23.9 Å². The van der Waals surface area contributed by atoms with Crippen LogP contribution in [0.5, 0.6) is 0 Å². The first-order valence-corrected chi connectivity index (χ1v) is 6.19. The van der Waals surface area contributed by atoms with Crippen molar-refractivity contribution >= 4 is 17.7 Å². The molecule has 0 radical (unpaired) electrons. The van der Waals surface area contributed by atoms with E-state index in [1.165, 1.54) is 23.1 Å². The third-order valence-electron chi connectivity index (χ3n) is 2.90. The number of hydrogen-bond acceptors (Lipinski definition) is 3. The second kappa shape index (κ2) is 6.33. The van der Waals surface area contributed by atoms with Gasteiger partial charge in [-0.15, -0.1) is 0 Å². The second-order valence-corrected chi connectivity index (χ2v) is 4.48. The van der Waals surface area contributed by atoms with Crippen LogP contribution in [0.25, 0.3) is 0 Å². The van der Waals surface area contributed by atoms with Gasteiger partial charge in [0.25, 0.3) is 0 Å². The summed E-state index contributed by atoms with van der Waals surface area (Å²) >= 11 is 0. The molecular formula is C13H15FN2O4. The number of benzene rings is 1. The van der Waals surface area contributed by atoms with Crippen LogP contribution in [0.3, 0.4) is 0 Å². The number of morpholine rings is 1. The van der Waals surface area contributed by atoms with Gasteiger partial charge in [0.15, 0.2) is 0 Å². The van der Waals surface area contributed by atoms with E-state index >= 15 is 0 Å². The molecule has 1 unspecified atom stereocenters. The summed E-state index contributed by atoms with van der Waals surface area (Å²) in [5, 5.41) is 11.3. The molecule has 1 aliphatic rings. The Morgan fingerprint density at radius 3 is 3.00 bits per heavy atom. The highest BCUT2D eigenvalue weighted by molar-refractivity contribution is 5.89. The molecular weight excluding hydrogens is 267 g/mol. The van der Waals surface area contributed by atoms with Gasteiger partial charge in [-0.3, -0.25) is 4.79 Å². The maximum absolute atomic E-state index is 13.0. The molecule has 1 heterocycles. The molecule has 1 saturated heterocycles. The molecule has 2 N–H and O–H groups in total. The molecule has 108 valence electrons. The van der Waals surface area contributed by atoms with Crippen LogP contribution in [-0.4, -0.2) is 47.8 Å². The van der Waals surface area contributed by atoms with E-state index in [9.17, 15) is 14.0 Å². The smallest absolute Gasteiger partial charge is 0.322 e. The van der Waals surface area contributed by atoms with Crippen molar-refractivity contribution < 1.29 is 23.8 Å². The van der Waals surface area contributed by atoms with E-state index in [-0.39, 0.29) is 19.6 Å². The molecule has 2 rings (SSSR count). The number of nitrogens with one attached hydrogen (secondary N) is 1. The molecule has 0 bridgehead atoms. The lowest BCUT2D eigenvalue weighted by Crippen LogP contribution is -2.47. The fourth-order valence-electron chi connectivity index (χ4n) is 1.99. The van der Waals surface area contributed by atoms with Crippen LogP contribution in [0.15, 0.2) is 24.3 Å². The van der Waals surface area contributed by atoms with Crippen molar-refractivity contribution in [1.29, 1.82) is 0 Å². The molecule has 20 heavy (non-hydrogen) atoms. The van der Waals surface area contributed by atoms with E-state index in [0.29, 0.717) is 12.2 Å². The van der Waals surface area contributed by atoms with E-state index in [0.717, 1.165) is 0 Å². The number of aliphatic carboxylic acids is 1. The highest BCUT2D eigenvalue weighted by atomic mass is 19.1. The number of carboxylic acids is 1. The van der Waals surface area contributed by atoms with Gasteiger partial charge >= 0.3 is 12.0 Å². The number of carbonyl (C=O) groups excluding carboxylic acids is 1. The quantitative estimate of drug-likeness (QED) is 0.881. The number of amides is 2. The SMILES string of the molecule is O=C(O)CC1CN(C(=O)Nc2cccc(F)c2)CCO1. The van der Waals surface area contributed by atoms with Gasteiger partial charge < -0.3 is 20.1 Å². The molecule has 2 amide bonds. The normalized spacial score (nSPS) is 18.6. The van der Waals surface area contributed by atoms with Crippen molar-refractivity contribution in [2.45, 2.75) is 12.5 Å². The van der Waals surface area contributed by atoms with Crippen molar-refractivity contribution in [3.63, 3.8) is 0 Å². The van der Waals surface area contributed by atoms with Crippen LogP contribution in [0.2, 0.25) is 0 Å². The van der Waals surface area contributed by atoms with Gasteiger partial charge in [-0.1, -0.05) is 6.07 Å². The molecule has 0 spiro atoms. The van der Waals surface area contributed by atoms with Gasteiger partial charge in [-0.05, 0) is 18.2 Å². The summed E-state index contributed by atoms with van der Waals surface area (Å²) in [5.41, 5.74) is 0.358. The third kappa shape index (κ3) is 3.92. The van der Waals surface area contributed by atoms with Gasteiger partial charge in [-0.25, -0.2) is 9.18 Å². The summed E-state index contributed by atoms with van der Waals surface area (Å²) in [4.78, 5) is 24.1. The molecule has 0 saturated carbocycles. The number of hydrogen-bond donors (Lipinski definition) is 2. The average Bonchev–Trinajstić information content (AvgIpc) is 2.38. The Hall–Kier alpha value is -2.15. The summed E-state index contributed by atoms with van der Waals surface area (Å²) in [5.74, 6) is -1.41. The zero-order valence-electron chi connectivity index (χ0n) is 10.7. The number of carbonyl (C=O) groups is 2. The van der Waals surface area contributed by atoms with Gasteiger partial charge in [0, 0.05) is 18.8 Å². The summed E-state index contributed by atoms with van der Waals surface area (Å²) in [6.07, 6.45) is -0.663. The molecule has 6 nitrogen and oxygen atoms in total. The van der Waals surface area contributed by atoms with Crippen LogP contribution < -0.4 is 5.32 Å². The molecule has 1 aromatic carbocycles. The summed E-state index contributed by atoms with van der Waals surface area (Å²) < 4.78 is 18.3. The number of ether oxygens (including phenoxy) is 1. The van der Waals surface area contributed by atoms with Gasteiger partial charge in [-0.2, -0.15) is 0 Å². The van der Waals surface area contributed by atoms with Crippen molar-refractivity contribution in [2.24, 2.45) is 0 Å². The van der Waals surface area contributed by atoms with E-state index in [2.05, 4.69) is 5.32 Å². The zero-order chi connectivity index (χ0) is 14.5. The molecule has 1 atom stereocenters. The third-order valence-corrected chi connectivity index (χ3v) is 2.90. The highest BCUT2D eigenvalue weighted by Crippen LogP contribution is 2.13. The van der Waals surface area contributed by atoms with Gasteiger partial charge in [0.05, 0.1) is 19.1 Å². The van der Waals surface area contributed by atoms with Crippen molar-refractivity contribution in [2.75, 3.05) is 25.0 Å². The van der Waals surface area contributed by atoms with E-state index in [1.807, 2.05) is 0 Å². The first kappa shape index (κ1) is 14.3. The minimum Gasteiger partial charge on any atom is -0.481 e. The largest absolute Gasteiger partial charge is 0.481 e. The standard InChI is InChI=1S/C13H15FN2O4/c14-9-2-1-3-10(6-9)15-13(19)16-4-5-20-11(8-16)7-12(17)18/h1-3,6,11H,4-5,7-8H2,(H,15,19)(H,17,18). The minimum absolute atomic E-state index is 0.149. The highest BCUT2D eigenvalue weighted by Gasteiger charge is 2.25. The number of nitrogens with zero attached hydrogens (tertiary/aromatic N) is 1. The van der Waals surface area contributed by atoms with E-state index in [1.54, 1.807) is 6.07 Å². The maximum Gasteiger partial charge on any atom is 0.322 e. The fraction of sp³-hybridized carbons (Fsp3) is 0.385. The lowest BCUT2D eigenvalue weighted by molar-refractivity contribution is -0.141. The molecule has 7 heteroatoms. The first-order chi connectivity index (χ1) is 9.54. The Balaban J connectivity index is 1.93. The first-order valence-electron chi connectivity index (χ1n) is 6.19. The number of rotatable bonds is 3. The average molecular weight is 282 g/mol. The summed E-state index contributed by atoms with van der Waals surface area (Å²) in [6, 6.07) is 5.18. The van der Waals surface area contributed by atoms with Crippen molar-refractivity contribution in [3.05, 3.63) is 30.1 Å². The van der Waals surface area contributed by atoms with Crippen LogP contribution in [0, 0.1) is 5.82 Å². The Kier molecular flexibility index (Phi) is 4.52. The number of carboxylic acid groups (broad SMARTS) is 1. The lowest BCUT2D eigenvalue weighted by Gasteiger charge is -2.32. The van der Waals surface area contributed by atoms with Crippen LogP contribution in [0.4, 0.5) is 14.9 Å². The minimum atomic E-state index is -0.970. The summed E-state index contributed by atoms with van der Waals surface area (Å²) in [7, 11) is 0. The van der Waals surface area contributed by atoms with Crippen LogP contribution >= 0.6 is 0 Å². The predicted octanol–water partition coefficient (Wildman–Crippen LogP) is 1.53. The van der Waals surface area contributed by atoms with Crippen LogP contribution in [0.1, 0.15) is 6.42 Å². The van der Waals surface area contributed by atoms with E-state index in [4.69, 9.17) is 9.84 Å². The Labute approximate surface area is 115 Å². The second-order valence-electron chi connectivity index (χ2n) is 4.48. The number of anilines is 1. The maximum atomic E-state index is 13.0. The van der Waals surface area contributed by atoms with Gasteiger partial charge in [0.2, 0.25) is 0 Å². The topological polar surface area (TPSA) is 78.9 Å². The monoisotopic (exact) mass is 282 g/mol. The van der Waals surface area contributed by atoms with Crippen LogP contribution in [-0.2, 0) is 9.53 Å². The Bertz CT molecular complexity index is 509. The fourth-order valence-corrected chi connectivity index (χ4v) is 1.99. The van der Waals surface area contributed by atoms with Crippen molar-refractivity contribution in [1.82, 2.24) is 4.90 Å². The van der Waals surface area contributed by atoms with Crippen molar-refractivity contribution in [3.8, 4) is 0 Å². The number of halogens is 1. The molecule has 0 aromatic heterocycles. The van der Waals surface area contributed by atoms with Gasteiger partial charge in [0.1, 0.15) is 5.82 Å². The Morgan fingerprint density at radius 2 is 2.30 bits per heavy atom. The lowest BCUT2D eigenvalue weighted by atomic mass is 10.2. The number of urea groups is 1. The summed E-state index contributed by atoms with van der Waals surface area (Å²) in [6.45, 7) is 0.860. The molecule has 1 fully saturated rings. The Morgan fingerprint density at radius 1 is 1.50 bits per heavy atom. The zero-order valence-corrected chi connectivity index (χ0v) is 10.7.